The first-order valence-electron chi connectivity index (χ1n) is 6.72. The molecule has 2 aromatic rings. The van der Waals surface area contributed by atoms with Crippen LogP contribution in [0.4, 0.5) is 0 Å². The van der Waals surface area contributed by atoms with Crippen molar-refractivity contribution < 1.29 is 8.42 Å². The molecule has 1 heterocycles. The zero-order valence-corrected chi connectivity index (χ0v) is 12.9. The Bertz CT molecular complexity index is 719. The van der Waals surface area contributed by atoms with Gasteiger partial charge in [0.1, 0.15) is 0 Å². The number of fused-ring (bicyclic) bond motifs is 1. The highest BCUT2D eigenvalue weighted by molar-refractivity contribution is 7.89. The van der Waals surface area contributed by atoms with E-state index in [9.17, 15) is 8.42 Å². The molecule has 0 radical (unpaired) electrons. The van der Waals surface area contributed by atoms with Crippen molar-refractivity contribution in [2.24, 2.45) is 0 Å². The molecule has 0 bridgehead atoms. The Morgan fingerprint density at radius 1 is 1.25 bits per heavy atom. The van der Waals surface area contributed by atoms with Gasteiger partial charge in [-0.05, 0) is 54.8 Å². The Labute approximate surface area is 123 Å². The summed E-state index contributed by atoms with van der Waals surface area (Å²) >= 11 is 1.72. The number of hydrogen-bond donors (Lipinski definition) is 1. The summed E-state index contributed by atoms with van der Waals surface area (Å²) in [5.74, 6) is 0. The van der Waals surface area contributed by atoms with Gasteiger partial charge in [-0.25, -0.2) is 13.1 Å². The highest BCUT2D eigenvalue weighted by Gasteiger charge is 2.27. The van der Waals surface area contributed by atoms with E-state index in [4.69, 9.17) is 0 Å². The fourth-order valence-electron chi connectivity index (χ4n) is 2.72. The third-order valence-corrected chi connectivity index (χ3v) is 6.36. The first kappa shape index (κ1) is 13.8. The summed E-state index contributed by atoms with van der Waals surface area (Å²) in [5.41, 5.74) is 1.93. The van der Waals surface area contributed by atoms with Crippen molar-refractivity contribution in [3.05, 3.63) is 51.7 Å². The number of benzene rings is 1. The Morgan fingerprint density at radius 2 is 2.05 bits per heavy atom. The molecule has 0 amide bonds. The molecule has 5 heteroatoms. The molecule has 0 spiro atoms. The minimum Gasteiger partial charge on any atom is -0.207 e. The summed E-state index contributed by atoms with van der Waals surface area (Å²) in [6.07, 6.45) is 2.97. The van der Waals surface area contributed by atoms with E-state index in [1.54, 1.807) is 23.5 Å². The van der Waals surface area contributed by atoms with Crippen molar-refractivity contribution in [2.45, 2.75) is 37.1 Å². The van der Waals surface area contributed by atoms with Gasteiger partial charge in [0.15, 0.2) is 0 Å². The van der Waals surface area contributed by atoms with E-state index in [0.29, 0.717) is 4.90 Å². The summed E-state index contributed by atoms with van der Waals surface area (Å²) in [6, 6.07) is 9.06. The average Bonchev–Trinajstić information content (AvgIpc) is 2.88. The van der Waals surface area contributed by atoms with Crippen LogP contribution in [0, 0.1) is 6.92 Å². The summed E-state index contributed by atoms with van der Waals surface area (Å²) < 4.78 is 28.0. The van der Waals surface area contributed by atoms with E-state index in [0.717, 1.165) is 30.4 Å². The van der Waals surface area contributed by atoms with Crippen LogP contribution in [0.15, 0.2) is 40.6 Å². The number of nitrogens with one attached hydrogen (secondary N) is 1. The number of aryl methyl sites for hydroxylation is 2. The molecular formula is C15H17NO2S2. The smallest absolute Gasteiger partial charge is 0.207 e. The standard InChI is InChI=1S/C15H17NO2S2/c1-11-5-2-3-8-15(11)20(17,18)16-13-6-4-7-14-12(13)9-10-19-14/h2-3,5,8-10,13,16H,4,6-7H2,1H3. The average molecular weight is 307 g/mol. The molecule has 1 aromatic heterocycles. The molecule has 1 aliphatic carbocycles. The second-order valence-corrected chi connectivity index (χ2v) is 7.81. The number of hydrogen-bond acceptors (Lipinski definition) is 3. The molecule has 1 unspecified atom stereocenters. The quantitative estimate of drug-likeness (QED) is 0.944. The van der Waals surface area contributed by atoms with Crippen molar-refractivity contribution in [1.82, 2.24) is 4.72 Å². The van der Waals surface area contributed by atoms with E-state index >= 15 is 0 Å². The van der Waals surface area contributed by atoms with Crippen molar-refractivity contribution >= 4 is 21.4 Å². The maximum absolute atomic E-state index is 12.5. The molecule has 106 valence electrons. The highest BCUT2D eigenvalue weighted by Crippen LogP contribution is 2.34. The van der Waals surface area contributed by atoms with Gasteiger partial charge < -0.3 is 0 Å². The van der Waals surface area contributed by atoms with Gasteiger partial charge in [0, 0.05) is 10.9 Å². The van der Waals surface area contributed by atoms with E-state index in [-0.39, 0.29) is 6.04 Å². The molecule has 0 aliphatic heterocycles. The third kappa shape index (κ3) is 2.53. The number of thiophene rings is 1. The van der Waals surface area contributed by atoms with Crippen LogP contribution in [0.5, 0.6) is 0 Å². The summed E-state index contributed by atoms with van der Waals surface area (Å²) in [4.78, 5) is 1.69. The predicted molar refractivity (Wildman–Crippen MR) is 81.5 cm³/mol. The van der Waals surface area contributed by atoms with E-state index < -0.39 is 10.0 Å². The minimum absolute atomic E-state index is 0.0883. The topological polar surface area (TPSA) is 46.2 Å². The second-order valence-electron chi connectivity index (χ2n) is 5.13. The molecule has 1 aromatic carbocycles. The van der Waals surface area contributed by atoms with Gasteiger partial charge in [-0.3, -0.25) is 0 Å². The molecule has 3 rings (SSSR count). The van der Waals surface area contributed by atoms with Crippen molar-refractivity contribution in [1.29, 1.82) is 0 Å². The highest BCUT2D eigenvalue weighted by atomic mass is 32.2. The van der Waals surface area contributed by atoms with E-state index in [2.05, 4.69) is 4.72 Å². The predicted octanol–water partition coefficient (Wildman–Crippen LogP) is 3.41. The van der Waals surface area contributed by atoms with Crippen LogP contribution >= 0.6 is 11.3 Å². The Balaban J connectivity index is 1.91. The normalized spacial score (nSPS) is 18.8. The molecule has 0 fully saturated rings. The Hall–Kier alpha value is -1.17. The van der Waals surface area contributed by atoms with Crippen LogP contribution in [0.2, 0.25) is 0 Å². The van der Waals surface area contributed by atoms with Crippen LogP contribution in [-0.4, -0.2) is 8.42 Å². The maximum atomic E-state index is 12.5. The van der Waals surface area contributed by atoms with Gasteiger partial charge in [0.05, 0.1) is 4.90 Å². The van der Waals surface area contributed by atoms with Gasteiger partial charge >= 0.3 is 0 Å². The van der Waals surface area contributed by atoms with Crippen LogP contribution in [0.1, 0.15) is 34.9 Å². The first-order valence-corrected chi connectivity index (χ1v) is 9.08. The van der Waals surface area contributed by atoms with Crippen molar-refractivity contribution in [3.63, 3.8) is 0 Å². The van der Waals surface area contributed by atoms with Crippen molar-refractivity contribution in [2.75, 3.05) is 0 Å². The SMILES string of the molecule is Cc1ccccc1S(=O)(=O)NC1CCCc2sccc21. The zero-order valence-electron chi connectivity index (χ0n) is 11.3. The molecule has 1 atom stereocenters. The monoisotopic (exact) mass is 307 g/mol. The minimum atomic E-state index is -3.46. The lowest BCUT2D eigenvalue weighted by molar-refractivity contribution is 0.511. The molecule has 20 heavy (non-hydrogen) atoms. The van der Waals surface area contributed by atoms with Crippen LogP contribution in [0.25, 0.3) is 0 Å². The van der Waals surface area contributed by atoms with Gasteiger partial charge in [-0.1, -0.05) is 18.2 Å². The van der Waals surface area contributed by atoms with Gasteiger partial charge in [-0.15, -0.1) is 11.3 Å². The number of sulfonamides is 1. The lowest BCUT2D eigenvalue weighted by Crippen LogP contribution is -2.30. The Kier molecular flexibility index (Phi) is 3.67. The summed E-state index contributed by atoms with van der Waals surface area (Å²) in [7, 11) is -3.46. The Morgan fingerprint density at radius 3 is 2.85 bits per heavy atom. The maximum Gasteiger partial charge on any atom is 0.241 e. The molecular weight excluding hydrogens is 290 g/mol. The van der Waals surface area contributed by atoms with Gasteiger partial charge in [0.2, 0.25) is 10.0 Å². The van der Waals surface area contributed by atoms with Crippen LogP contribution in [0.3, 0.4) is 0 Å². The van der Waals surface area contributed by atoms with Crippen LogP contribution < -0.4 is 4.72 Å². The summed E-state index contributed by atoms with van der Waals surface area (Å²) in [6.45, 7) is 1.82. The molecule has 1 aliphatic rings. The van der Waals surface area contributed by atoms with Crippen LogP contribution in [-0.2, 0) is 16.4 Å². The first-order chi connectivity index (χ1) is 9.58. The van der Waals surface area contributed by atoms with Gasteiger partial charge in [0.25, 0.3) is 0 Å². The molecule has 0 saturated carbocycles. The fraction of sp³-hybridized carbons (Fsp3) is 0.333. The van der Waals surface area contributed by atoms with Crippen molar-refractivity contribution in [3.8, 4) is 0 Å². The second kappa shape index (κ2) is 5.31. The lowest BCUT2D eigenvalue weighted by Gasteiger charge is -2.24. The van der Waals surface area contributed by atoms with E-state index in [1.165, 1.54) is 4.88 Å². The number of rotatable bonds is 3. The van der Waals surface area contributed by atoms with Gasteiger partial charge in [-0.2, -0.15) is 0 Å². The molecule has 3 nitrogen and oxygen atoms in total. The lowest BCUT2D eigenvalue weighted by atomic mass is 9.95. The third-order valence-electron chi connectivity index (χ3n) is 3.73. The zero-order chi connectivity index (χ0) is 14.2. The molecule has 1 N–H and O–H groups in total. The largest absolute Gasteiger partial charge is 0.241 e. The summed E-state index contributed by atoms with van der Waals surface area (Å²) in [5, 5.41) is 2.05. The van der Waals surface area contributed by atoms with E-state index in [1.807, 2.05) is 30.5 Å². The fourth-order valence-corrected chi connectivity index (χ4v) is 5.20. The molecule has 0 saturated heterocycles.